The van der Waals surface area contributed by atoms with Gasteiger partial charge in [-0.2, -0.15) is 0 Å². The molecule has 1 aliphatic carbocycles. The minimum absolute atomic E-state index is 0.119. The smallest absolute Gasteiger partial charge is 0.255 e. The highest BCUT2D eigenvalue weighted by Crippen LogP contribution is 2.29. The lowest BCUT2D eigenvalue weighted by Crippen LogP contribution is -2.45. The molecule has 1 aliphatic heterocycles. The van der Waals surface area contributed by atoms with Crippen molar-refractivity contribution in [3.8, 4) is 5.75 Å². The van der Waals surface area contributed by atoms with Crippen LogP contribution in [0.1, 0.15) is 43.0 Å². The Kier molecular flexibility index (Phi) is 4.59. The van der Waals surface area contributed by atoms with E-state index in [0.717, 1.165) is 25.0 Å². The van der Waals surface area contributed by atoms with Crippen molar-refractivity contribution in [1.82, 2.24) is 4.90 Å². The summed E-state index contributed by atoms with van der Waals surface area (Å²) in [6, 6.07) is 5.25. The van der Waals surface area contributed by atoms with Crippen LogP contribution in [-0.2, 0) is 0 Å². The van der Waals surface area contributed by atoms with E-state index in [1.54, 1.807) is 23.1 Å². The molecule has 22 heavy (non-hydrogen) atoms. The third-order valence-corrected chi connectivity index (χ3v) is 5.04. The van der Waals surface area contributed by atoms with Gasteiger partial charge in [-0.1, -0.05) is 18.5 Å². The number of β-amino-alcohol motifs (C(OH)–C–C–N with tert-alkyl or cyclic N) is 1. The average Bonchev–Trinajstić information content (AvgIpc) is 2.45. The molecule has 0 aromatic heterocycles. The fourth-order valence-corrected chi connectivity index (χ4v) is 3.08. The topological polar surface area (TPSA) is 49.8 Å². The Bertz CT molecular complexity index is 559. The van der Waals surface area contributed by atoms with Gasteiger partial charge in [-0.3, -0.25) is 4.79 Å². The third kappa shape index (κ3) is 3.23. The van der Waals surface area contributed by atoms with Crippen LogP contribution >= 0.6 is 11.6 Å². The molecule has 1 heterocycles. The van der Waals surface area contributed by atoms with Crippen LogP contribution in [-0.4, -0.2) is 41.2 Å². The van der Waals surface area contributed by atoms with Crippen LogP contribution < -0.4 is 4.74 Å². The first kappa shape index (κ1) is 15.6. The molecule has 1 aromatic rings. The van der Waals surface area contributed by atoms with Crippen molar-refractivity contribution in [1.29, 1.82) is 0 Å². The van der Waals surface area contributed by atoms with Crippen LogP contribution in [0.25, 0.3) is 0 Å². The van der Waals surface area contributed by atoms with E-state index in [1.165, 1.54) is 6.42 Å². The van der Waals surface area contributed by atoms with Crippen LogP contribution in [0.4, 0.5) is 0 Å². The first-order chi connectivity index (χ1) is 10.5. The van der Waals surface area contributed by atoms with Crippen molar-refractivity contribution in [2.24, 2.45) is 5.92 Å². The SMILES string of the molecule is CC1CCN(C(=O)c2ccc(OC3CCC3)cc2Cl)CC1O. The van der Waals surface area contributed by atoms with Crippen LogP contribution in [0.5, 0.6) is 5.75 Å². The molecule has 0 bridgehead atoms. The van der Waals surface area contributed by atoms with E-state index in [2.05, 4.69) is 0 Å². The average molecular weight is 324 g/mol. The van der Waals surface area contributed by atoms with E-state index in [0.29, 0.717) is 23.7 Å². The molecule has 1 N–H and O–H groups in total. The summed E-state index contributed by atoms with van der Waals surface area (Å²) >= 11 is 6.26. The fourth-order valence-electron chi connectivity index (χ4n) is 2.83. The molecule has 1 amide bonds. The van der Waals surface area contributed by atoms with Crippen LogP contribution in [0, 0.1) is 5.92 Å². The van der Waals surface area contributed by atoms with Crippen molar-refractivity contribution >= 4 is 17.5 Å². The minimum Gasteiger partial charge on any atom is -0.490 e. The number of carbonyl (C=O) groups excluding carboxylic acids is 1. The lowest BCUT2D eigenvalue weighted by Gasteiger charge is -2.34. The van der Waals surface area contributed by atoms with Gasteiger partial charge in [-0.15, -0.1) is 0 Å². The molecule has 3 rings (SSSR count). The normalized spacial score (nSPS) is 25.7. The van der Waals surface area contributed by atoms with Gasteiger partial charge in [0.1, 0.15) is 5.75 Å². The quantitative estimate of drug-likeness (QED) is 0.929. The summed E-state index contributed by atoms with van der Waals surface area (Å²) in [5, 5.41) is 10.4. The molecule has 120 valence electrons. The third-order valence-electron chi connectivity index (χ3n) is 4.73. The molecule has 2 fully saturated rings. The van der Waals surface area contributed by atoms with Crippen molar-refractivity contribution in [2.45, 2.75) is 44.8 Å². The molecule has 2 aliphatic rings. The number of likely N-dealkylation sites (tertiary alicyclic amines) is 1. The number of hydrogen-bond acceptors (Lipinski definition) is 3. The number of halogens is 1. The Morgan fingerprint density at radius 1 is 1.36 bits per heavy atom. The fraction of sp³-hybridized carbons (Fsp3) is 0.588. The van der Waals surface area contributed by atoms with Crippen molar-refractivity contribution in [3.63, 3.8) is 0 Å². The molecule has 1 aromatic carbocycles. The standard InChI is InChI=1S/C17H22ClNO3/c1-11-7-8-19(10-16(11)20)17(21)14-6-5-13(9-15(14)18)22-12-3-2-4-12/h5-6,9,11-12,16,20H,2-4,7-8,10H2,1H3. The maximum atomic E-state index is 12.6. The number of hydrogen-bond donors (Lipinski definition) is 1. The first-order valence-corrected chi connectivity index (χ1v) is 8.36. The van der Waals surface area contributed by atoms with Crippen molar-refractivity contribution in [3.05, 3.63) is 28.8 Å². The van der Waals surface area contributed by atoms with E-state index in [-0.39, 0.29) is 17.9 Å². The Labute approximate surface area is 136 Å². The predicted octanol–water partition coefficient (Wildman–Crippen LogP) is 3.11. The zero-order valence-electron chi connectivity index (χ0n) is 12.8. The first-order valence-electron chi connectivity index (χ1n) is 7.98. The number of benzene rings is 1. The van der Waals surface area contributed by atoms with Gasteiger partial charge in [-0.25, -0.2) is 0 Å². The summed E-state index contributed by atoms with van der Waals surface area (Å²) < 4.78 is 5.79. The second-order valence-electron chi connectivity index (χ2n) is 6.40. The highest BCUT2D eigenvalue weighted by molar-refractivity contribution is 6.34. The molecule has 2 atom stereocenters. The molecular formula is C17H22ClNO3. The molecule has 4 nitrogen and oxygen atoms in total. The molecule has 1 saturated heterocycles. The number of amides is 1. The number of carbonyl (C=O) groups is 1. The Hall–Kier alpha value is -1.26. The maximum absolute atomic E-state index is 12.6. The van der Waals surface area contributed by atoms with E-state index in [4.69, 9.17) is 16.3 Å². The summed E-state index contributed by atoms with van der Waals surface area (Å²) in [5.74, 6) is 0.836. The van der Waals surface area contributed by atoms with Gasteiger partial charge in [0.2, 0.25) is 0 Å². The van der Waals surface area contributed by atoms with Gasteiger partial charge in [0, 0.05) is 13.1 Å². The number of aliphatic hydroxyl groups is 1. The van der Waals surface area contributed by atoms with E-state index < -0.39 is 6.10 Å². The van der Waals surface area contributed by atoms with Crippen LogP contribution in [0.2, 0.25) is 5.02 Å². The lowest BCUT2D eigenvalue weighted by molar-refractivity contribution is 0.0248. The molecule has 0 spiro atoms. The van der Waals surface area contributed by atoms with Gasteiger partial charge in [0.25, 0.3) is 5.91 Å². The highest BCUT2D eigenvalue weighted by atomic mass is 35.5. The van der Waals surface area contributed by atoms with Crippen molar-refractivity contribution < 1.29 is 14.6 Å². The number of rotatable bonds is 3. The second kappa shape index (κ2) is 6.47. The maximum Gasteiger partial charge on any atom is 0.255 e. The summed E-state index contributed by atoms with van der Waals surface area (Å²) in [6.07, 6.45) is 4.02. The second-order valence-corrected chi connectivity index (χ2v) is 6.80. The molecule has 1 saturated carbocycles. The highest BCUT2D eigenvalue weighted by Gasteiger charge is 2.29. The van der Waals surface area contributed by atoms with Gasteiger partial charge in [-0.05, 0) is 49.8 Å². The van der Waals surface area contributed by atoms with E-state index >= 15 is 0 Å². The number of aliphatic hydroxyl groups excluding tert-OH is 1. The number of nitrogens with zero attached hydrogens (tertiary/aromatic N) is 1. The zero-order valence-corrected chi connectivity index (χ0v) is 13.6. The summed E-state index contributed by atoms with van der Waals surface area (Å²) in [5.41, 5.74) is 0.476. The summed E-state index contributed by atoms with van der Waals surface area (Å²) in [6.45, 7) is 3.04. The van der Waals surface area contributed by atoms with Gasteiger partial charge in [0.05, 0.1) is 22.8 Å². The summed E-state index contributed by atoms with van der Waals surface area (Å²) in [7, 11) is 0. The molecule has 5 heteroatoms. The van der Waals surface area contributed by atoms with Crippen LogP contribution in [0.15, 0.2) is 18.2 Å². The largest absolute Gasteiger partial charge is 0.490 e. The minimum atomic E-state index is -0.460. The monoisotopic (exact) mass is 323 g/mol. The number of ether oxygens (including phenoxy) is 1. The Morgan fingerprint density at radius 3 is 2.73 bits per heavy atom. The zero-order chi connectivity index (χ0) is 15.7. The predicted molar refractivity (Wildman–Crippen MR) is 85.4 cm³/mol. The van der Waals surface area contributed by atoms with Crippen LogP contribution in [0.3, 0.4) is 0 Å². The molecular weight excluding hydrogens is 302 g/mol. The Morgan fingerprint density at radius 2 is 2.14 bits per heavy atom. The Balaban J connectivity index is 1.69. The molecule has 2 unspecified atom stereocenters. The van der Waals surface area contributed by atoms with Crippen molar-refractivity contribution in [2.75, 3.05) is 13.1 Å². The molecule has 0 radical (unpaired) electrons. The summed E-state index contributed by atoms with van der Waals surface area (Å²) in [4.78, 5) is 14.2. The lowest BCUT2D eigenvalue weighted by atomic mass is 9.95. The van der Waals surface area contributed by atoms with Gasteiger partial charge >= 0.3 is 0 Å². The number of piperidine rings is 1. The van der Waals surface area contributed by atoms with Gasteiger partial charge in [0.15, 0.2) is 0 Å². The van der Waals surface area contributed by atoms with E-state index in [1.807, 2.05) is 6.92 Å². The van der Waals surface area contributed by atoms with Gasteiger partial charge < -0.3 is 14.7 Å². The van der Waals surface area contributed by atoms with E-state index in [9.17, 15) is 9.90 Å².